The van der Waals surface area contributed by atoms with E-state index < -0.39 is 34.4 Å². The molecular formula is C27H27Cl4N3O4S. The summed E-state index contributed by atoms with van der Waals surface area (Å²) in [6.45, 7) is 3.13. The molecule has 12 heteroatoms. The summed E-state index contributed by atoms with van der Waals surface area (Å²) >= 11 is 24.9. The lowest BCUT2D eigenvalue weighted by Crippen LogP contribution is -2.51. The van der Waals surface area contributed by atoms with Crippen molar-refractivity contribution in [2.24, 2.45) is 0 Å². The molecule has 0 aliphatic rings. The Bertz CT molecular complexity index is 1410. The number of rotatable bonds is 11. The Morgan fingerprint density at radius 2 is 1.51 bits per heavy atom. The standard InChI is InChI=1S/C27H27Cl4N3O4S/c1-3-14-32-27(36)18(2)33(16-23-24(30)8-5-9-25(23)31)26(35)17-34(21-7-4-6-20(29)15-21)39(37,38)22-12-10-19(28)11-13-22/h4-13,15,18H,3,14,16-17H2,1-2H3,(H,32,36)/t18-/m0/s1. The monoisotopic (exact) mass is 629 g/mol. The number of nitrogens with one attached hydrogen (secondary N) is 1. The lowest BCUT2D eigenvalue weighted by molar-refractivity contribution is -0.139. The molecule has 0 bridgehead atoms. The summed E-state index contributed by atoms with van der Waals surface area (Å²) in [5.41, 5.74) is 0.601. The van der Waals surface area contributed by atoms with Crippen LogP contribution >= 0.6 is 46.4 Å². The number of amides is 2. The van der Waals surface area contributed by atoms with E-state index in [4.69, 9.17) is 46.4 Å². The number of carbonyl (C=O) groups is 2. The van der Waals surface area contributed by atoms with E-state index in [1.165, 1.54) is 41.3 Å². The van der Waals surface area contributed by atoms with E-state index >= 15 is 0 Å². The minimum absolute atomic E-state index is 0.0749. The Morgan fingerprint density at radius 3 is 2.10 bits per heavy atom. The van der Waals surface area contributed by atoms with Gasteiger partial charge in [-0.05, 0) is 67.9 Å². The second kappa shape index (κ2) is 13.7. The highest BCUT2D eigenvalue weighted by Gasteiger charge is 2.33. The molecule has 7 nitrogen and oxygen atoms in total. The third-order valence-electron chi connectivity index (χ3n) is 5.88. The lowest BCUT2D eigenvalue weighted by atomic mass is 10.1. The molecule has 3 aromatic carbocycles. The van der Waals surface area contributed by atoms with Crippen molar-refractivity contribution in [3.8, 4) is 0 Å². The Balaban J connectivity index is 2.06. The fourth-order valence-electron chi connectivity index (χ4n) is 3.73. The van der Waals surface area contributed by atoms with Crippen LogP contribution in [0.25, 0.3) is 0 Å². The quantitative estimate of drug-likeness (QED) is 0.264. The predicted octanol–water partition coefficient (Wildman–Crippen LogP) is 6.44. The van der Waals surface area contributed by atoms with Gasteiger partial charge in [0.25, 0.3) is 10.0 Å². The van der Waals surface area contributed by atoms with E-state index in [0.29, 0.717) is 33.6 Å². The molecule has 208 valence electrons. The summed E-state index contributed by atoms with van der Waals surface area (Å²) in [5, 5.41) is 4.03. The maximum Gasteiger partial charge on any atom is 0.264 e. The zero-order chi connectivity index (χ0) is 28.7. The zero-order valence-corrected chi connectivity index (χ0v) is 25.0. The van der Waals surface area contributed by atoms with Crippen LogP contribution in [0.3, 0.4) is 0 Å². The number of halogens is 4. The molecule has 1 N–H and O–H groups in total. The molecule has 2 amide bonds. The van der Waals surface area contributed by atoms with Crippen molar-refractivity contribution >= 4 is 73.9 Å². The van der Waals surface area contributed by atoms with Crippen molar-refractivity contribution in [2.75, 3.05) is 17.4 Å². The van der Waals surface area contributed by atoms with Gasteiger partial charge >= 0.3 is 0 Å². The Labute approximate surface area is 248 Å². The third-order valence-corrected chi connectivity index (χ3v) is 8.87. The van der Waals surface area contributed by atoms with Gasteiger partial charge in [0.1, 0.15) is 12.6 Å². The molecule has 0 aromatic heterocycles. The zero-order valence-electron chi connectivity index (χ0n) is 21.2. The van der Waals surface area contributed by atoms with Crippen molar-refractivity contribution in [3.63, 3.8) is 0 Å². The molecule has 1 atom stereocenters. The van der Waals surface area contributed by atoms with Gasteiger partial charge in [-0.3, -0.25) is 13.9 Å². The number of hydrogen-bond acceptors (Lipinski definition) is 4. The van der Waals surface area contributed by atoms with Gasteiger partial charge in [-0.25, -0.2) is 8.42 Å². The SMILES string of the molecule is CCCNC(=O)[C@H](C)N(Cc1c(Cl)cccc1Cl)C(=O)CN(c1cccc(Cl)c1)S(=O)(=O)c1ccc(Cl)cc1. The van der Waals surface area contributed by atoms with Gasteiger partial charge in [0.2, 0.25) is 11.8 Å². The molecule has 0 aliphatic carbocycles. The van der Waals surface area contributed by atoms with Crippen LogP contribution in [0.4, 0.5) is 5.69 Å². The first-order valence-corrected chi connectivity index (χ1v) is 14.9. The highest BCUT2D eigenvalue weighted by atomic mass is 35.5. The Kier molecular flexibility index (Phi) is 10.9. The van der Waals surface area contributed by atoms with Gasteiger partial charge in [-0.2, -0.15) is 0 Å². The summed E-state index contributed by atoms with van der Waals surface area (Å²) in [6.07, 6.45) is 0.699. The van der Waals surface area contributed by atoms with Gasteiger partial charge in [0, 0.05) is 38.7 Å². The van der Waals surface area contributed by atoms with Gasteiger partial charge in [0.15, 0.2) is 0 Å². The maximum absolute atomic E-state index is 13.9. The van der Waals surface area contributed by atoms with E-state index in [-0.39, 0.29) is 22.2 Å². The molecular weight excluding hydrogens is 604 g/mol. The van der Waals surface area contributed by atoms with Crippen molar-refractivity contribution in [3.05, 3.63) is 92.4 Å². The van der Waals surface area contributed by atoms with Crippen LogP contribution in [-0.4, -0.2) is 44.3 Å². The number of sulfonamides is 1. The number of hydrogen-bond donors (Lipinski definition) is 1. The number of nitrogens with zero attached hydrogens (tertiary/aromatic N) is 2. The van der Waals surface area contributed by atoms with E-state index in [2.05, 4.69) is 5.32 Å². The molecule has 0 spiro atoms. The summed E-state index contributed by atoms with van der Waals surface area (Å²) in [6, 6.07) is 15.7. The van der Waals surface area contributed by atoms with Crippen LogP contribution in [0.15, 0.2) is 71.6 Å². The second-order valence-electron chi connectivity index (χ2n) is 8.63. The first kappa shape index (κ1) is 31.0. The fraction of sp³-hybridized carbons (Fsp3) is 0.259. The minimum atomic E-state index is -4.25. The summed E-state index contributed by atoms with van der Waals surface area (Å²) in [4.78, 5) is 28.0. The van der Waals surface area contributed by atoms with Gasteiger partial charge < -0.3 is 10.2 Å². The normalized spacial score (nSPS) is 12.1. The molecule has 0 fully saturated rings. The van der Waals surface area contributed by atoms with Crippen molar-refractivity contribution in [2.45, 2.75) is 37.8 Å². The van der Waals surface area contributed by atoms with Crippen LogP contribution in [-0.2, 0) is 26.2 Å². The molecule has 0 radical (unpaired) electrons. The molecule has 0 saturated carbocycles. The molecule has 0 unspecified atom stereocenters. The third kappa shape index (κ3) is 7.80. The molecule has 39 heavy (non-hydrogen) atoms. The summed E-state index contributed by atoms with van der Waals surface area (Å²) in [7, 11) is -4.25. The smallest absolute Gasteiger partial charge is 0.264 e. The summed E-state index contributed by atoms with van der Waals surface area (Å²) < 4.78 is 28.5. The predicted molar refractivity (Wildman–Crippen MR) is 157 cm³/mol. The number of carbonyl (C=O) groups excluding carboxylic acids is 2. The molecule has 3 aromatic rings. The topological polar surface area (TPSA) is 86.8 Å². The van der Waals surface area contributed by atoms with Crippen molar-refractivity contribution in [1.82, 2.24) is 10.2 Å². The van der Waals surface area contributed by atoms with Gasteiger partial charge in [-0.1, -0.05) is 65.5 Å². The lowest BCUT2D eigenvalue weighted by Gasteiger charge is -2.32. The molecule has 0 aliphatic heterocycles. The average Bonchev–Trinajstić information content (AvgIpc) is 2.89. The van der Waals surface area contributed by atoms with Crippen LogP contribution in [0, 0.1) is 0 Å². The molecule has 3 rings (SSSR count). The highest BCUT2D eigenvalue weighted by Crippen LogP contribution is 2.29. The highest BCUT2D eigenvalue weighted by molar-refractivity contribution is 7.92. The second-order valence-corrected chi connectivity index (χ2v) is 12.2. The largest absolute Gasteiger partial charge is 0.354 e. The van der Waals surface area contributed by atoms with E-state index in [0.717, 1.165) is 4.31 Å². The number of benzene rings is 3. The van der Waals surface area contributed by atoms with Crippen LogP contribution in [0.5, 0.6) is 0 Å². The van der Waals surface area contributed by atoms with Gasteiger partial charge in [-0.15, -0.1) is 0 Å². The van der Waals surface area contributed by atoms with Crippen molar-refractivity contribution < 1.29 is 18.0 Å². The van der Waals surface area contributed by atoms with E-state index in [9.17, 15) is 18.0 Å². The Hall–Kier alpha value is -2.49. The first-order valence-electron chi connectivity index (χ1n) is 12.0. The van der Waals surface area contributed by atoms with Crippen LogP contribution in [0.2, 0.25) is 20.1 Å². The average molecular weight is 631 g/mol. The number of anilines is 1. The summed E-state index contributed by atoms with van der Waals surface area (Å²) in [5.74, 6) is -1.05. The Morgan fingerprint density at radius 1 is 0.897 bits per heavy atom. The van der Waals surface area contributed by atoms with E-state index in [1.54, 1.807) is 37.3 Å². The minimum Gasteiger partial charge on any atom is -0.354 e. The van der Waals surface area contributed by atoms with Gasteiger partial charge in [0.05, 0.1) is 10.6 Å². The fourth-order valence-corrected chi connectivity index (χ4v) is 5.96. The van der Waals surface area contributed by atoms with Crippen LogP contribution < -0.4 is 9.62 Å². The first-order chi connectivity index (χ1) is 18.4. The van der Waals surface area contributed by atoms with Crippen molar-refractivity contribution in [1.29, 1.82) is 0 Å². The van der Waals surface area contributed by atoms with Crippen LogP contribution in [0.1, 0.15) is 25.8 Å². The molecule has 0 saturated heterocycles. The molecule has 0 heterocycles. The maximum atomic E-state index is 13.9. The van der Waals surface area contributed by atoms with E-state index in [1.807, 2.05) is 6.92 Å².